The van der Waals surface area contributed by atoms with Crippen LogP contribution in [-0.4, -0.2) is 25.9 Å². The van der Waals surface area contributed by atoms with Gasteiger partial charge in [0.1, 0.15) is 5.75 Å². The molecule has 1 heterocycles. The summed E-state index contributed by atoms with van der Waals surface area (Å²) in [6, 6.07) is 11.8. The van der Waals surface area contributed by atoms with Crippen molar-refractivity contribution < 1.29 is 17.9 Å². The zero-order chi connectivity index (χ0) is 21.7. The predicted octanol–water partition coefficient (Wildman–Crippen LogP) is 4.39. The van der Waals surface area contributed by atoms with Crippen molar-refractivity contribution in [1.82, 2.24) is 4.98 Å². The molecule has 0 atom stereocenters. The van der Waals surface area contributed by atoms with Crippen molar-refractivity contribution in [1.29, 1.82) is 0 Å². The van der Waals surface area contributed by atoms with Gasteiger partial charge in [-0.1, -0.05) is 26.0 Å². The zero-order valence-corrected chi connectivity index (χ0v) is 18.5. The first kappa shape index (κ1) is 21.8. The molecule has 0 aliphatic heterocycles. The number of amides is 1. The number of hydrogen-bond acceptors (Lipinski definition) is 6. The molecule has 1 aromatic heterocycles. The topological polar surface area (TPSA) is 97.4 Å². The third-order valence-corrected chi connectivity index (χ3v) is 6.42. The smallest absolute Gasteiger partial charge is 0.263 e. The number of aryl methyl sites for hydroxylation is 1. The van der Waals surface area contributed by atoms with E-state index in [1.54, 1.807) is 5.38 Å². The maximum Gasteiger partial charge on any atom is 0.263 e. The number of nitrogens with zero attached hydrogens (tertiary/aromatic N) is 1. The van der Waals surface area contributed by atoms with E-state index in [-0.39, 0.29) is 23.3 Å². The Morgan fingerprint density at radius 2 is 1.90 bits per heavy atom. The second-order valence-corrected chi connectivity index (χ2v) is 9.58. The van der Waals surface area contributed by atoms with Gasteiger partial charge in [0.05, 0.1) is 4.90 Å². The molecule has 0 aliphatic carbocycles. The molecule has 2 N–H and O–H groups in total. The molecular formula is C21H23N3O4S2. The quantitative estimate of drug-likeness (QED) is 0.536. The van der Waals surface area contributed by atoms with Crippen LogP contribution in [0.3, 0.4) is 0 Å². The number of sulfonamides is 1. The van der Waals surface area contributed by atoms with Gasteiger partial charge in [0.15, 0.2) is 11.7 Å². The van der Waals surface area contributed by atoms with E-state index < -0.39 is 10.0 Å². The molecule has 0 radical (unpaired) electrons. The Morgan fingerprint density at radius 3 is 2.53 bits per heavy atom. The summed E-state index contributed by atoms with van der Waals surface area (Å²) in [6.45, 7) is 5.96. The Morgan fingerprint density at radius 1 is 1.17 bits per heavy atom. The molecule has 0 fully saturated rings. The summed E-state index contributed by atoms with van der Waals surface area (Å²) in [5.41, 5.74) is 2.57. The Hall–Kier alpha value is -2.91. The van der Waals surface area contributed by atoms with Gasteiger partial charge in [-0.05, 0) is 54.3 Å². The van der Waals surface area contributed by atoms with Crippen LogP contribution in [0, 0.1) is 6.92 Å². The van der Waals surface area contributed by atoms with Gasteiger partial charge in [-0.25, -0.2) is 13.4 Å². The Bertz CT molecular complexity index is 1110. The molecule has 9 heteroatoms. The number of rotatable bonds is 8. The number of thiazole rings is 1. The van der Waals surface area contributed by atoms with Crippen molar-refractivity contribution in [3.05, 3.63) is 65.2 Å². The van der Waals surface area contributed by atoms with Gasteiger partial charge in [0, 0.05) is 17.3 Å². The van der Waals surface area contributed by atoms with Crippen LogP contribution in [0.15, 0.2) is 58.9 Å². The van der Waals surface area contributed by atoms with Crippen molar-refractivity contribution in [3.8, 4) is 5.75 Å². The fraction of sp³-hybridized carbons (Fsp3) is 0.238. The highest BCUT2D eigenvalue weighted by Crippen LogP contribution is 2.27. The highest BCUT2D eigenvalue weighted by Gasteiger charge is 2.16. The van der Waals surface area contributed by atoms with Crippen molar-refractivity contribution in [2.45, 2.75) is 31.6 Å². The molecule has 0 spiro atoms. The molecule has 0 aliphatic rings. The molecule has 3 aromatic rings. The van der Waals surface area contributed by atoms with Crippen LogP contribution in [0.1, 0.15) is 30.9 Å². The van der Waals surface area contributed by atoms with E-state index in [9.17, 15) is 13.2 Å². The minimum Gasteiger partial charge on any atom is -0.483 e. The minimum absolute atomic E-state index is 0.0771. The molecule has 158 valence electrons. The lowest BCUT2D eigenvalue weighted by atomic mass is 10.0. The van der Waals surface area contributed by atoms with Crippen LogP contribution >= 0.6 is 11.3 Å². The fourth-order valence-electron chi connectivity index (χ4n) is 2.75. The molecule has 0 bridgehead atoms. The minimum atomic E-state index is -3.73. The summed E-state index contributed by atoms with van der Waals surface area (Å²) in [5.74, 6) is 0.633. The third kappa shape index (κ3) is 5.58. The van der Waals surface area contributed by atoms with E-state index in [2.05, 4.69) is 28.9 Å². The van der Waals surface area contributed by atoms with E-state index in [0.717, 1.165) is 11.1 Å². The molecule has 0 unspecified atom stereocenters. The number of benzene rings is 2. The number of carbonyl (C=O) groups excluding carboxylic acids is 1. The summed E-state index contributed by atoms with van der Waals surface area (Å²) < 4.78 is 32.8. The van der Waals surface area contributed by atoms with Crippen LogP contribution in [-0.2, 0) is 14.8 Å². The number of ether oxygens (including phenoxy) is 1. The zero-order valence-electron chi connectivity index (χ0n) is 16.9. The first-order chi connectivity index (χ1) is 14.2. The second-order valence-electron chi connectivity index (χ2n) is 7.00. The normalized spacial score (nSPS) is 11.3. The molecule has 1 amide bonds. The molecule has 7 nitrogen and oxygen atoms in total. The molecular weight excluding hydrogens is 422 g/mol. The van der Waals surface area contributed by atoms with Crippen molar-refractivity contribution >= 4 is 38.1 Å². The third-order valence-electron chi connectivity index (χ3n) is 4.25. The largest absolute Gasteiger partial charge is 0.483 e. The Balaban J connectivity index is 1.61. The Labute approximate surface area is 180 Å². The summed E-state index contributed by atoms with van der Waals surface area (Å²) in [6.07, 6.45) is 1.52. The highest BCUT2D eigenvalue weighted by molar-refractivity contribution is 7.93. The highest BCUT2D eigenvalue weighted by atomic mass is 32.2. The molecule has 3 rings (SSSR count). The second kappa shape index (κ2) is 9.27. The maximum atomic E-state index is 12.4. The standard InChI is InChI=1S/C21H23N3O4S2/c1-14(2)18-9-4-15(3)12-19(18)28-13-20(25)23-16-5-7-17(8-6-16)30(26,27)24-21-22-10-11-29-21/h4-12,14H,13H2,1-3H3,(H,22,24)(H,23,25). The van der Waals surface area contributed by atoms with Gasteiger partial charge in [-0.2, -0.15) is 0 Å². The van der Waals surface area contributed by atoms with Gasteiger partial charge >= 0.3 is 0 Å². The Kier molecular flexibility index (Phi) is 6.73. The van der Waals surface area contributed by atoms with E-state index in [1.165, 1.54) is 41.8 Å². The van der Waals surface area contributed by atoms with Crippen molar-refractivity contribution in [3.63, 3.8) is 0 Å². The van der Waals surface area contributed by atoms with Crippen LogP contribution < -0.4 is 14.8 Å². The van der Waals surface area contributed by atoms with E-state index >= 15 is 0 Å². The molecule has 0 saturated carbocycles. The lowest BCUT2D eigenvalue weighted by Crippen LogP contribution is -2.20. The van der Waals surface area contributed by atoms with Crippen LogP contribution in [0.2, 0.25) is 0 Å². The maximum absolute atomic E-state index is 12.4. The average Bonchev–Trinajstić information content (AvgIpc) is 3.19. The number of aromatic nitrogens is 1. The molecule has 30 heavy (non-hydrogen) atoms. The van der Waals surface area contributed by atoms with Crippen LogP contribution in [0.25, 0.3) is 0 Å². The summed E-state index contributed by atoms with van der Waals surface area (Å²) >= 11 is 1.19. The van der Waals surface area contributed by atoms with Crippen LogP contribution in [0.5, 0.6) is 5.75 Å². The molecule has 0 saturated heterocycles. The van der Waals surface area contributed by atoms with Crippen molar-refractivity contribution in [2.75, 3.05) is 16.6 Å². The number of carbonyl (C=O) groups is 1. The van der Waals surface area contributed by atoms with Gasteiger partial charge in [-0.15, -0.1) is 11.3 Å². The van der Waals surface area contributed by atoms with Crippen molar-refractivity contribution in [2.24, 2.45) is 0 Å². The van der Waals surface area contributed by atoms with Crippen LogP contribution in [0.4, 0.5) is 10.8 Å². The first-order valence-corrected chi connectivity index (χ1v) is 11.7. The van der Waals surface area contributed by atoms with Gasteiger partial charge in [-0.3, -0.25) is 9.52 Å². The number of hydrogen-bond donors (Lipinski definition) is 2. The summed E-state index contributed by atoms with van der Waals surface area (Å²) in [4.78, 5) is 16.3. The monoisotopic (exact) mass is 445 g/mol. The predicted molar refractivity (Wildman–Crippen MR) is 119 cm³/mol. The lowest BCUT2D eigenvalue weighted by molar-refractivity contribution is -0.118. The van der Waals surface area contributed by atoms with Gasteiger partial charge in [0.2, 0.25) is 0 Å². The summed E-state index contributed by atoms with van der Waals surface area (Å²) in [7, 11) is -3.73. The van der Waals surface area contributed by atoms with E-state index in [1.807, 2.05) is 25.1 Å². The van der Waals surface area contributed by atoms with E-state index in [4.69, 9.17) is 4.74 Å². The number of nitrogens with one attached hydrogen (secondary N) is 2. The van der Waals surface area contributed by atoms with Gasteiger partial charge < -0.3 is 10.1 Å². The van der Waals surface area contributed by atoms with Gasteiger partial charge in [0.25, 0.3) is 15.9 Å². The first-order valence-electron chi connectivity index (χ1n) is 9.30. The summed E-state index contributed by atoms with van der Waals surface area (Å²) in [5, 5.41) is 4.68. The SMILES string of the molecule is Cc1ccc(C(C)C)c(OCC(=O)Nc2ccc(S(=O)(=O)Nc3nccs3)cc2)c1. The van der Waals surface area contributed by atoms with E-state index in [0.29, 0.717) is 16.6 Å². The number of anilines is 2. The lowest BCUT2D eigenvalue weighted by Gasteiger charge is -2.15. The molecule has 2 aromatic carbocycles. The fourth-order valence-corrected chi connectivity index (χ4v) is 4.54. The average molecular weight is 446 g/mol.